The number of amides is 1. The summed E-state index contributed by atoms with van der Waals surface area (Å²) in [6, 6.07) is 9.77. The molecule has 10 heteroatoms. The lowest BCUT2D eigenvalue weighted by molar-refractivity contribution is 0.102. The predicted octanol–water partition coefficient (Wildman–Crippen LogP) is 4.17. The average molecular weight is 491 g/mol. The van der Waals surface area contributed by atoms with Crippen molar-refractivity contribution in [3.05, 3.63) is 63.3 Å². The molecule has 0 saturated carbocycles. The Balaban J connectivity index is 1.38. The average Bonchev–Trinajstić information content (AvgIpc) is 3.45. The van der Waals surface area contributed by atoms with Crippen LogP contribution in [0.15, 0.2) is 52.1 Å². The number of carbonyl (C=O) groups excluding carboxylic acids is 1. The SMILES string of the molecule is CC1CCCN(Cc2csc(NC(=O)c3cccc(S(=O)(=O)NCc4cccs4)c3)n2)C1. The number of piperidine rings is 1. The van der Waals surface area contributed by atoms with Gasteiger partial charge in [-0.1, -0.05) is 19.1 Å². The molecule has 2 N–H and O–H groups in total. The number of hydrogen-bond donors (Lipinski definition) is 2. The number of thiophene rings is 1. The van der Waals surface area contributed by atoms with Crippen molar-refractivity contribution in [1.29, 1.82) is 0 Å². The molecule has 1 aromatic carbocycles. The van der Waals surface area contributed by atoms with E-state index in [-0.39, 0.29) is 22.9 Å². The third kappa shape index (κ3) is 6.02. The van der Waals surface area contributed by atoms with Gasteiger partial charge in [0, 0.05) is 35.5 Å². The number of hydrogen-bond acceptors (Lipinski definition) is 7. The Morgan fingerprint density at radius 1 is 1.25 bits per heavy atom. The third-order valence-electron chi connectivity index (χ3n) is 5.32. The van der Waals surface area contributed by atoms with E-state index in [0.717, 1.165) is 30.2 Å². The fourth-order valence-electron chi connectivity index (χ4n) is 3.73. The van der Waals surface area contributed by atoms with Crippen LogP contribution >= 0.6 is 22.7 Å². The van der Waals surface area contributed by atoms with Gasteiger partial charge in [0.25, 0.3) is 5.91 Å². The van der Waals surface area contributed by atoms with Gasteiger partial charge in [-0.25, -0.2) is 18.1 Å². The van der Waals surface area contributed by atoms with Crippen molar-refractivity contribution in [1.82, 2.24) is 14.6 Å². The second-order valence-corrected chi connectivity index (χ2v) is 11.7. The van der Waals surface area contributed by atoms with Crippen molar-refractivity contribution >= 4 is 43.7 Å². The number of anilines is 1. The van der Waals surface area contributed by atoms with Crippen LogP contribution in [-0.2, 0) is 23.1 Å². The highest BCUT2D eigenvalue weighted by Gasteiger charge is 2.19. The van der Waals surface area contributed by atoms with E-state index in [1.165, 1.54) is 47.6 Å². The zero-order chi connectivity index (χ0) is 22.6. The number of nitrogens with zero attached hydrogens (tertiary/aromatic N) is 2. The first-order valence-electron chi connectivity index (χ1n) is 10.5. The van der Waals surface area contributed by atoms with Crippen LogP contribution in [0, 0.1) is 5.92 Å². The first kappa shape index (κ1) is 23.1. The zero-order valence-corrected chi connectivity index (χ0v) is 20.2. The number of benzene rings is 1. The number of sulfonamides is 1. The van der Waals surface area contributed by atoms with Gasteiger partial charge in [0.05, 0.1) is 10.6 Å². The van der Waals surface area contributed by atoms with E-state index in [1.807, 2.05) is 22.9 Å². The molecular formula is C22H26N4O3S3. The minimum absolute atomic E-state index is 0.0563. The fourth-order valence-corrected chi connectivity index (χ4v) is 6.22. The van der Waals surface area contributed by atoms with Gasteiger partial charge in [-0.15, -0.1) is 22.7 Å². The van der Waals surface area contributed by atoms with Crippen LogP contribution in [0.5, 0.6) is 0 Å². The van der Waals surface area contributed by atoms with Crippen molar-refractivity contribution < 1.29 is 13.2 Å². The molecular weight excluding hydrogens is 464 g/mol. The van der Waals surface area contributed by atoms with E-state index in [9.17, 15) is 13.2 Å². The monoisotopic (exact) mass is 490 g/mol. The maximum absolute atomic E-state index is 12.7. The van der Waals surface area contributed by atoms with Crippen molar-refractivity contribution in [2.45, 2.75) is 37.8 Å². The largest absolute Gasteiger partial charge is 0.298 e. The molecule has 0 spiro atoms. The van der Waals surface area contributed by atoms with Gasteiger partial charge >= 0.3 is 0 Å². The minimum atomic E-state index is -3.72. The molecule has 1 saturated heterocycles. The number of nitrogens with one attached hydrogen (secondary N) is 2. The fraction of sp³-hybridized carbons (Fsp3) is 0.364. The van der Waals surface area contributed by atoms with E-state index >= 15 is 0 Å². The second kappa shape index (κ2) is 10.2. The van der Waals surface area contributed by atoms with Gasteiger partial charge in [-0.3, -0.25) is 15.0 Å². The van der Waals surface area contributed by atoms with E-state index in [1.54, 1.807) is 12.1 Å². The van der Waals surface area contributed by atoms with Crippen LogP contribution in [0.25, 0.3) is 0 Å². The molecule has 0 bridgehead atoms. The molecule has 4 rings (SSSR count). The molecule has 1 atom stereocenters. The summed E-state index contributed by atoms with van der Waals surface area (Å²) in [6.07, 6.45) is 2.48. The first-order valence-corrected chi connectivity index (χ1v) is 13.7. The number of carbonyl (C=O) groups is 1. The highest BCUT2D eigenvalue weighted by Crippen LogP contribution is 2.22. The maximum atomic E-state index is 12.7. The Morgan fingerprint density at radius 3 is 2.91 bits per heavy atom. The van der Waals surface area contributed by atoms with Crippen molar-refractivity contribution in [3.63, 3.8) is 0 Å². The van der Waals surface area contributed by atoms with Gasteiger partial charge in [-0.2, -0.15) is 0 Å². The van der Waals surface area contributed by atoms with E-state index < -0.39 is 10.0 Å². The molecule has 1 fully saturated rings. The molecule has 2 aromatic heterocycles. The van der Waals surface area contributed by atoms with Gasteiger partial charge in [0.15, 0.2) is 5.13 Å². The highest BCUT2D eigenvalue weighted by atomic mass is 32.2. The summed E-state index contributed by atoms with van der Waals surface area (Å²) in [5, 5.41) is 7.16. The Hall–Kier alpha value is -2.11. The summed E-state index contributed by atoms with van der Waals surface area (Å²) >= 11 is 2.86. The number of thiazole rings is 1. The molecule has 3 aromatic rings. The van der Waals surface area contributed by atoms with Crippen molar-refractivity contribution in [3.8, 4) is 0 Å². The molecule has 1 aliphatic rings. The summed E-state index contributed by atoms with van der Waals surface area (Å²) in [4.78, 5) is 20.6. The number of aromatic nitrogens is 1. The van der Waals surface area contributed by atoms with Gasteiger partial charge in [-0.05, 0) is 54.9 Å². The Bertz CT molecular complexity index is 1160. The lowest BCUT2D eigenvalue weighted by atomic mass is 10.0. The van der Waals surface area contributed by atoms with Crippen molar-refractivity contribution in [2.24, 2.45) is 5.92 Å². The molecule has 170 valence electrons. The highest BCUT2D eigenvalue weighted by molar-refractivity contribution is 7.89. The normalized spacial score (nSPS) is 17.3. The topological polar surface area (TPSA) is 91.4 Å². The van der Waals surface area contributed by atoms with E-state index in [0.29, 0.717) is 11.0 Å². The summed E-state index contributed by atoms with van der Waals surface area (Å²) in [7, 11) is -3.72. The quantitative estimate of drug-likeness (QED) is 0.495. The zero-order valence-electron chi connectivity index (χ0n) is 17.8. The molecule has 1 aliphatic heterocycles. The lowest BCUT2D eigenvalue weighted by Crippen LogP contribution is -2.33. The number of rotatable bonds is 8. The molecule has 0 radical (unpaired) electrons. The third-order valence-corrected chi connectivity index (χ3v) is 8.40. The van der Waals surface area contributed by atoms with Gasteiger partial charge in [0.2, 0.25) is 10.0 Å². The summed E-state index contributed by atoms with van der Waals surface area (Å²) in [5.74, 6) is 0.317. The van der Waals surface area contributed by atoms with Crippen LogP contribution < -0.4 is 10.0 Å². The lowest BCUT2D eigenvalue weighted by Gasteiger charge is -2.30. The van der Waals surface area contributed by atoms with Crippen LogP contribution in [0.4, 0.5) is 5.13 Å². The summed E-state index contributed by atoms with van der Waals surface area (Å²) in [6.45, 7) is 5.41. The Labute approximate surface area is 196 Å². The predicted molar refractivity (Wildman–Crippen MR) is 129 cm³/mol. The molecule has 3 heterocycles. The van der Waals surface area contributed by atoms with Crippen LogP contribution in [0.3, 0.4) is 0 Å². The van der Waals surface area contributed by atoms with Gasteiger partial charge < -0.3 is 0 Å². The molecule has 1 unspecified atom stereocenters. The molecule has 0 aliphatic carbocycles. The minimum Gasteiger partial charge on any atom is -0.298 e. The van der Waals surface area contributed by atoms with E-state index in [4.69, 9.17) is 0 Å². The molecule has 32 heavy (non-hydrogen) atoms. The van der Waals surface area contributed by atoms with Crippen LogP contribution in [0.2, 0.25) is 0 Å². The Kier molecular flexibility index (Phi) is 7.37. The van der Waals surface area contributed by atoms with Gasteiger partial charge in [0.1, 0.15) is 0 Å². The first-order chi connectivity index (χ1) is 15.4. The second-order valence-electron chi connectivity index (χ2n) is 8.01. The Morgan fingerprint density at radius 2 is 2.12 bits per heavy atom. The molecule has 7 nitrogen and oxygen atoms in total. The van der Waals surface area contributed by atoms with Crippen LogP contribution in [-0.4, -0.2) is 37.3 Å². The summed E-state index contributed by atoms with van der Waals surface area (Å²) < 4.78 is 27.8. The van der Waals surface area contributed by atoms with Crippen LogP contribution in [0.1, 0.15) is 40.7 Å². The standard InChI is InChI=1S/C22H26N4O3S3/c1-16-5-3-9-26(13-16)14-18-15-31-22(24-18)25-21(27)17-6-2-8-20(11-17)32(28,29)23-12-19-7-4-10-30-19/h2,4,6-8,10-11,15-16,23H,3,5,9,12-14H2,1H3,(H,24,25,27). The molecule has 1 amide bonds. The smallest absolute Gasteiger partial charge is 0.257 e. The maximum Gasteiger partial charge on any atom is 0.257 e. The van der Waals surface area contributed by atoms with E-state index in [2.05, 4.69) is 26.8 Å². The van der Waals surface area contributed by atoms with Crippen molar-refractivity contribution in [2.75, 3.05) is 18.4 Å². The summed E-state index contributed by atoms with van der Waals surface area (Å²) in [5.41, 5.74) is 1.21. The number of likely N-dealkylation sites (tertiary alicyclic amines) is 1.